The Kier molecular flexibility index (Phi) is 7.36. The predicted octanol–water partition coefficient (Wildman–Crippen LogP) is 1.95. The Morgan fingerprint density at radius 1 is 1.00 bits per heavy atom. The summed E-state index contributed by atoms with van der Waals surface area (Å²) in [7, 11) is 3.94. The summed E-state index contributed by atoms with van der Waals surface area (Å²) >= 11 is 0. The van der Waals surface area contributed by atoms with E-state index in [-0.39, 0.29) is 18.4 Å². The molecule has 0 saturated heterocycles. The third kappa shape index (κ3) is 6.76. The van der Waals surface area contributed by atoms with Gasteiger partial charge in [0.1, 0.15) is 0 Å². The number of hydrogen-bond donors (Lipinski definition) is 2. The Hall–Kier alpha value is -3.15. The molecule has 0 radical (unpaired) electrons. The molecule has 0 spiro atoms. The summed E-state index contributed by atoms with van der Waals surface area (Å²) in [5.74, 6) is -0.522. The number of carbonyl (C=O) groups excluding carboxylic acids is 2. The van der Waals surface area contributed by atoms with Gasteiger partial charge in [-0.2, -0.15) is 5.10 Å². The summed E-state index contributed by atoms with van der Waals surface area (Å²) in [6.45, 7) is -0.0927. The molecule has 0 aliphatic carbocycles. The topological polar surface area (TPSA) is 73.8 Å². The number of aryl methyl sites for hydroxylation is 1. The minimum Gasteiger partial charge on any atom is -0.378 e. The lowest BCUT2D eigenvalue weighted by Crippen LogP contribution is -2.35. The number of rotatable bonds is 8. The van der Waals surface area contributed by atoms with E-state index in [0.717, 1.165) is 16.8 Å². The smallest absolute Gasteiger partial charge is 0.259 e. The maximum atomic E-state index is 11.8. The van der Waals surface area contributed by atoms with E-state index in [1.165, 1.54) is 0 Å². The lowest BCUT2D eigenvalue weighted by Gasteiger charge is -2.11. The molecule has 2 N–H and O–H groups in total. The first-order valence-electron chi connectivity index (χ1n) is 8.44. The van der Waals surface area contributed by atoms with Crippen molar-refractivity contribution in [1.82, 2.24) is 10.7 Å². The molecular formula is C20H24N4O2. The van der Waals surface area contributed by atoms with Crippen molar-refractivity contribution >= 4 is 23.7 Å². The van der Waals surface area contributed by atoms with E-state index >= 15 is 0 Å². The zero-order chi connectivity index (χ0) is 18.8. The van der Waals surface area contributed by atoms with Crippen molar-refractivity contribution in [3.63, 3.8) is 0 Å². The zero-order valence-corrected chi connectivity index (χ0v) is 15.1. The van der Waals surface area contributed by atoms with E-state index in [4.69, 9.17) is 0 Å². The van der Waals surface area contributed by atoms with Gasteiger partial charge in [0, 0.05) is 26.2 Å². The number of amides is 2. The first kappa shape index (κ1) is 19.2. The van der Waals surface area contributed by atoms with E-state index in [2.05, 4.69) is 15.8 Å². The van der Waals surface area contributed by atoms with Gasteiger partial charge in [-0.1, -0.05) is 42.5 Å². The SMILES string of the molecule is CN(C)c1ccc(C=NNC(=O)CNC(=O)CCc2ccccc2)cc1. The monoisotopic (exact) mass is 352 g/mol. The van der Waals surface area contributed by atoms with Crippen molar-refractivity contribution in [3.05, 3.63) is 65.7 Å². The Morgan fingerprint density at radius 3 is 2.35 bits per heavy atom. The second-order valence-electron chi connectivity index (χ2n) is 6.04. The molecule has 136 valence electrons. The van der Waals surface area contributed by atoms with Gasteiger partial charge in [0.2, 0.25) is 5.91 Å². The second-order valence-corrected chi connectivity index (χ2v) is 6.04. The molecule has 2 aromatic carbocycles. The fourth-order valence-corrected chi connectivity index (χ4v) is 2.25. The van der Waals surface area contributed by atoms with Gasteiger partial charge in [-0.25, -0.2) is 5.43 Å². The van der Waals surface area contributed by atoms with Gasteiger partial charge in [0.05, 0.1) is 12.8 Å². The zero-order valence-electron chi connectivity index (χ0n) is 15.1. The number of hydrazone groups is 1. The molecule has 0 saturated carbocycles. The van der Waals surface area contributed by atoms with Gasteiger partial charge in [0.25, 0.3) is 5.91 Å². The van der Waals surface area contributed by atoms with E-state index in [1.807, 2.05) is 73.6 Å². The Morgan fingerprint density at radius 2 is 1.69 bits per heavy atom. The molecule has 2 amide bonds. The van der Waals surface area contributed by atoms with Gasteiger partial charge in [0.15, 0.2) is 0 Å². The molecule has 0 aromatic heterocycles. The van der Waals surface area contributed by atoms with E-state index in [9.17, 15) is 9.59 Å². The molecule has 26 heavy (non-hydrogen) atoms. The molecule has 0 aliphatic heterocycles. The number of hydrogen-bond acceptors (Lipinski definition) is 4. The molecule has 0 bridgehead atoms. The van der Waals surface area contributed by atoms with Gasteiger partial charge in [-0.3, -0.25) is 9.59 Å². The third-order valence-corrected chi connectivity index (χ3v) is 3.74. The minimum absolute atomic E-state index is 0.0927. The van der Waals surface area contributed by atoms with Gasteiger partial charge < -0.3 is 10.2 Å². The van der Waals surface area contributed by atoms with Crippen molar-refractivity contribution in [2.75, 3.05) is 25.5 Å². The summed E-state index contributed by atoms with van der Waals surface area (Å²) in [5, 5.41) is 6.49. The van der Waals surface area contributed by atoms with E-state index in [0.29, 0.717) is 12.8 Å². The van der Waals surface area contributed by atoms with Crippen LogP contribution in [0.2, 0.25) is 0 Å². The number of carbonyl (C=O) groups is 2. The molecule has 2 rings (SSSR count). The van der Waals surface area contributed by atoms with Crippen LogP contribution in [0, 0.1) is 0 Å². The first-order chi connectivity index (χ1) is 12.5. The number of anilines is 1. The standard InChI is InChI=1S/C20H24N4O2/c1-24(2)18-11-8-17(9-12-18)14-22-23-20(26)15-21-19(25)13-10-16-6-4-3-5-7-16/h3-9,11-12,14H,10,13,15H2,1-2H3,(H,21,25)(H,23,26). The molecule has 6 heteroatoms. The van der Waals surface area contributed by atoms with Crippen LogP contribution in [-0.4, -0.2) is 38.7 Å². The highest BCUT2D eigenvalue weighted by atomic mass is 16.2. The summed E-state index contributed by atoms with van der Waals surface area (Å²) in [6, 6.07) is 17.5. The van der Waals surface area contributed by atoms with Crippen LogP contribution in [0.3, 0.4) is 0 Å². The largest absolute Gasteiger partial charge is 0.378 e. The number of nitrogens with zero attached hydrogens (tertiary/aromatic N) is 2. The maximum absolute atomic E-state index is 11.8. The van der Waals surface area contributed by atoms with Crippen LogP contribution in [0.5, 0.6) is 0 Å². The Balaban J connectivity index is 1.67. The average molecular weight is 352 g/mol. The molecule has 0 heterocycles. The third-order valence-electron chi connectivity index (χ3n) is 3.74. The predicted molar refractivity (Wildman–Crippen MR) is 104 cm³/mol. The molecule has 2 aromatic rings. The minimum atomic E-state index is -0.362. The lowest BCUT2D eigenvalue weighted by atomic mass is 10.1. The summed E-state index contributed by atoms with van der Waals surface area (Å²) < 4.78 is 0. The average Bonchev–Trinajstić information content (AvgIpc) is 2.66. The number of benzene rings is 2. The highest BCUT2D eigenvalue weighted by Gasteiger charge is 2.05. The van der Waals surface area contributed by atoms with Crippen LogP contribution >= 0.6 is 0 Å². The van der Waals surface area contributed by atoms with Gasteiger partial charge in [-0.05, 0) is 29.7 Å². The van der Waals surface area contributed by atoms with Crippen molar-refractivity contribution < 1.29 is 9.59 Å². The normalized spacial score (nSPS) is 10.5. The van der Waals surface area contributed by atoms with Crippen LogP contribution in [0.4, 0.5) is 5.69 Å². The summed E-state index contributed by atoms with van der Waals surface area (Å²) in [6.07, 6.45) is 2.56. The molecule has 0 fully saturated rings. The molecule has 0 atom stereocenters. The van der Waals surface area contributed by atoms with E-state index < -0.39 is 0 Å². The lowest BCUT2D eigenvalue weighted by molar-refractivity contribution is -0.126. The fraction of sp³-hybridized carbons (Fsp3) is 0.250. The molecule has 0 unspecified atom stereocenters. The van der Waals surface area contributed by atoms with Crippen molar-refractivity contribution in [3.8, 4) is 0 Å². The summed E-state index contributed by atoms with van der Waals surface area (Å²) in [5.41, 5.74) is 5.46. The highest BCUT2D eigenvalue weighted by Crippen LogP contribution is 2.10. The Labute approximate surface area is 153 Å². The highest BCUT2D eigenvalue weighted by molar-refractivity contribution is 5.86. The van der Waals surface area contributed by atoms with Crippen LogP contribution < -0.4 is 15.6 Å². The van der Waals surface area contributed by atoms with Crippen LogP contribution in [0.1, 0.15) is 17.5 Å². The fourth-order valence-electron chi connectivity index (χ4n) is 2.25. The maximum Gasteiger partial charge on any atom is 0.259 e. The van der Waals surface area contributed by atoms with Crippen LogP contribution in [-0.2, 0) is 16.0 Å². The van der Waals surface area contributed by atoms with Gasteiger partial charge in [-0.15, -0.1) is 0 Å². The van der Waals surface area contributed by atoms with E-state index in [1.54, 1.807) is 6.21 Å². The molecule has 0 aliphatic rings. The Bertz CT molecular complexity index is 740. The summed E-state index contributed by atoms with van der Waals surface area (Å²) in [4.78, 5) is 25.5. The molecular weight excluding hydrogens is 328 g/mol. The first-order valence-corrected chi connectivity index (χ1v) is 8.44. The van der Waals surface area contributed by atoms with Crippen molar-refractivity contribution in [1.29, 1.82) is 0 Å². The van der Waals surface area contributed by atoms with Crippen LogP contribution in [0.15, 0.2) is 59.7 Å². The second kappa shape index (κ2) is 9.98. The van der Waals surface area contributed by atoms with Crippen molar-refractivity contribution in [2.24, 2.45) is 5.10 Å². The molecule has 6 nitrogen and oxygen atoms in total. The quantitative estimate of drug-likeness (QED) is 0.563. The van der Waals surface area contributed by atoms with Crippen LogP contribution in [0.25, 0.3) is 0 Å². The van der Waals surface area contributed by atoms with Crippen molar-refractivity contribution in [2.45, 2.75) is 12.8 Å². The van der Waals surface area contributed by atoms with Gasteiger partial charge >= 0.3 is 0 Å². The number of nitrogens with one attached hydrogen (secondary N) is 2.